The van der Waals surface area contributed by atoms with Gasteiger partial charge in [-0.05, 0) is 77.6 Å². The van der Waals surface area contributed by atoms with Crippen molar-refractivity contribution in [3.63, 3.8) is 0 Å². The van der Waals surface area contributed by atoms with Gasteiger partial charge in [0, 0.05) is 30.6 Å². The molecule has 194 valence electrons. The highest BCUT2D eigenvalue weighted by atomic mass is 32.2. The van der Waals surface area contributed by atoms with E-state index in [1.807, 2.05) is 32.6 Å². The number of rotatable bonds is 6. The Bertz CT molecular complexity index is 1220. The van der Waals surface area contributed by atoms with Crippen LogP contribution in [0.5, 0.6) is 5.88 Å². The van der Waals surface area contributed by atoms with Crippen LogP contribution in [0.3, 0.4) is 0 Å². The summed E-state index contributed by atoms with van der Waals surface area (Å²) >= 11 is 0. The van der Waals surface area contributed by atoms with E-state index in [4.69, 9.17) is 9.47 Å². The number of hydrogen-bond acceptors (Lipinski definition) is 8. The van der Waals surface area contributed by atoms with Crippen LogP contribution in [-0.4, -0.2) is 58.4 Å². The van der Waals surface area contributed by atoms with Crippen LogP contribution in [-0.2, 0) is 14.6 Å². The lowest BCUT2D eigenvalue weighted by atomic mass is 10.00. The molecule has 2 aliphatic heterocycles. The molecule has 1 aromatic heterocycles. The molecule has 1 aliphatic carbocycles. The Kier molecular flexibility index (Phi) is 6.34. The van der Waals surface area contributed by atoms with Crippen molar-refractivity contribution in [2.75, 3.05) is 5.32 Å². The Labute approximate surface area is 212 Å². The first-order chi connectivity index (χ1) is 17.0. The van der Waals surface area contributed by atoms with E-state index in [1.54, 1.807) is 24.3 Å². The van der Waals surface area contributed by atoms with Crippen molar-refractivity contribution in [3.05, 3.63) is 36.2 Å². The number of carbonyl (C=O) groups excluding carboxylic acids is 1. The second kappa shape index (κ2) is 9.21. The number of fused-ring (bicyclic) bond motifs is 2. The van der Waals surface area contributed by atoms with Gasteiger partial charge in [-0.15, -0.1) is 0 Å². The lowest BCUT2D eigenvalue weighted by Crippen LogP contribution is -2.50. The third kappa shape index (κ3) is 5.14. The highest BCUT2D eigenvalue weighted by molar-refractivity contribution is 7.92. The molecule has 1 N–H and O–H groups in total. The number of nitrogens with one attached hydrogen (secondary N) is 1. The third-order valence-corrected chi connectivity index (χ3v) is 9.30. The Morgan fingerprint density at radius 2 is 1.67 bits per heavy atom. The number of aromatic nitrogens is 2. The maximum atomic E-state index is 12.7. The maximum Gasteiger partial charge on any atom is 0.410 e. The van der Waals surface area contributed by atoms with Crippen molar-refractivity contribution >= 4 is 27.4 Å². The van der Waals surface area contributed by atoms with Gasteiger partial charge in [-0.2, -0.15) is 0 Å². The van der Waals surface area contributed by atoms with Crippen molar-refractivity contribution in [2.45, 2.75) is 100 Å². The summed E-state index contributed by atoms with van der Waals surface area (Å²) < 4.78 is 36.8. The third-order valence-electron chi connectivity index (χ3n) is 7.02. The zero-order valence-electron chi connectivity index (χ0n) is 21.2. The van der Waals surface area contributed by atoms with E-state index in [9.17, 15) is 13.2 Å². The first-order valence-corrected chi connectivity index (χ1v) is 14.2. The molecule has 2 aromatic rings. The molecule has 5 rings (SSSR count). The molecule has 3 aliphatic rings. The molecule has 9 nitrogen and oxygen atoms in total. The number of carbonyl (C=O) groups is 1. The van der Waals surface area contributed by atoms with Crippen LogP contribution in [0.4, 0.5) is 16.3 Å². The van der Waals surface area contributed by atoms with Crippen LogP contribution in [0.2, 0.25) is 0 Å². The maximum absolute atomic E-state index is 12.7. The van der Waals surface area contributed by atoms with E-state index in [0.717, 1.165) is 49.8 Å². The Balaban J connectivity index is 1.24. The highest BCUT2D eigenvalue weighted by Gasteiger charge is 2.45. The largest absolute Gasteiger partial charge is 0.474 e. The topological polar surface area (TPSA) is 111 Å². The molecule has 1 aromatic carbocycles. The van der Waals surface area contributed by atoms with E-state index in [2.05, 4.69) is 15.3 Å². The summed E-state index contributed by atoms with van der Waals surface area (Å²) in [6, 6.07) is 6.99. The fourth-order valence-electron chi connectivity index (χ4n) is 5.11. The number of benzene rings is 1. The monoisotopic (exact) mass is 514 g/mol. The molecular weight excluding hydrogens is 480 g/mol. The van der Waals surface area contributed by atoms with Crippen molar-refractivity contribution in [3.8, 4) is 5.88 Å². The summed E-state index contributed by atoms with van der Waals surface area (Å²) in [7, 11) is -3.22. The second-order valence-electron chi connectivity index (χ2n) is 11.0. The zero-order valence-corrected chi connectivity index (χ0v) is 22.0. The summed E-state index contributed by atoms with van der Waals surface area (Å²) in [6.45, 7) is 7.55. The van der Waals surface area contributed by atoms with Crippen LogP contribution in [0.25, 0.3) is 0 Å². The Morgan fingerprint density at radius 1 is 1.03 bits per heavy atom. The number of nitrogens with zero attached hydrogens (tertiary/aromatic N) is 3. The molecular formula is C26H34N4O5S. The standard InChI is InChI=1S/C26H34N4O5S/c1-16-23(29-17-5-9-21(10-6-17)36(32,33)22-11-12-22)27-15-28-24(16)34-20-13-18-7-8-19(14-20)30(18)25(31)35-26(2,3)4/h5-6,9-10,15,18-20,22H,7-8,11-14H2,1-4H3,(H,27,28,29)/t18-,19?,20?/m0/s1. The summed E-state index contributed by atoms with van der Waals surface area (Å²) in [5, 5.41) is 3.02. The summed E-state index contributed by atoms with van der Waals surface area (Å²) in [6.07, 6.45) is 6.03. The number of anilines is 2. The highest BCUT2D eigenvalue weighted by Crippen LogP contribution is 2.39. The first kappa shape index (κ1) is 24.8. The average molecular weight is 515 g/mol. The van der Waals surface area contributed by atoms with Gasteiger partial charge in [-0.3, -0.25) is 0 Å². The number of piperidine rings is 1. The molecule has 3 heterocycles. The lowest BCUT2D eigenvalue weighted by molar-refractivity contribution is -0.00770. The number of sulfone groups is 1. The second-order valence-corrected chi connectivity index (χ2v) is 13.3. The van der Waals surface area contributed by atoms with Gasteiger partial charge in [0.15, 0.2) is 9.84 Å². The summed E-state index contributed by atoms with van der Waals surface area (Å²) in [4.78, 5) is 23.7. The predicted molar refractivity (Wildman–Crippen MR) is 135 cm³/mol. The quantitative estimate of drug-likeness (QED) is 0.587. The molecule has 1 amide bonds. The van der Waals surface area contributed by atoms with Gasteiger partial charge in [0.05, 0.1) is 15.7 Å². The van der Waals surface area contributed by atoms with Crippen molar-refractivity contribution in [1.82, 2.24) is 14.9 Å². The summed E-state index contributed by atoms with van der Waals surface area (Å²) in [5.41, 5.74) is 0.993. The minimum atomic E-state index is -3.22. The zero-order chi connectivity index (χ0) is 25.7. The minimum absolute atomic E-state index is 0.0467. The van der Waals surface area contributed by atoms with E-state index in [-0.39, 0.29) is 29.5 Å². The van der Waals surface area contributed by atoms with Crippen LogP contribution in [0.15, 0.2) is 35.5 Å². The average Bonchev–Trinajstić information content (AvgIpc) is 3.62. The summed E-state index contributed by atoms with van der Waals surface area (Å²) in [5.74, 6) is 1.11. The van der Waals surface area contributed by atoms with Crippen LogP contribution in [0.1, 0.15) is 64.9 Å². The fraction of sp³-hybridized carbons (Fsp3) is 0.577. The molecule has 2 saturated heterocycles. The van der Waals surface area contributed by atoms with Gasteiger partial charge >= 0.3 is 6.09 Å². The Hall–Kier alpha value is -2.88. The van der Waals surface area contributed by atoms with Gasteiger partial charge < -0.3 is 19.7 Å². The van der Waals surface area contributed by atoms with Gasteiger partial charge in [0.1, 0.15) is 23.9 Å². The lowest BCUT2D eigenvalue weighted by Gasteiger charge is -2.39. The SMILES string of the molecule is Cc1c(Nc2ccc(S(=O)(=O)C3CC3)cc2)ncnc1OC1CC2CC[C@@H](C1)N2C(=O)OC(C)(C)C. The van der Waals surface area contributed by atoms with Crippen molar-refractivity contribution in [2.24, 2.45) is 0 Å². The molecule has 3 fully saturated rings. The Morgan fingerprint density at radius 3 is 2.25 bits per heavy atom. The van der Waals surface area contributed by atoms with Gasteiger partial charge in [0.2, 0.25) is 5.88 Å². The van der Waals surface area contributed by atoms with Crippen molar-refractivity contribution < 1.29 is 22.7 Å². The molecule has 2 unspecified atom stereocenters. The van der Waals surface area contributed by atoms with Gasteiger partial charge in [0.25, 0.3) is 0 Å². The fourth-order valence-corrected chi connectivity index (χ4v) is 6.77. The molecule has 36 heavy (non-hydrogen) atoms. The van der Waals surface area contributed by atoms with Crippen LogP contribution < -0.4 is 10.1 Å². The molecule has 2 bridgehead atoms. The predicted octanol–water partition coefficient (Wildman–Crippen LogP) is 4.77. The molecule has 1 saturated carbocycles. The minimum Gasteiger partial charge on any atom is -0.474 e. The molecule has 0 radical (unpaired) electrons. The van der Waals surface area contributed by atoms with Crippen LogP contribution in [0, 0.1) is 6.92 Å². The normalized spacial score (nSPS) is 23.9. The number of amides is 1. The van der Waals surface area contributed by atoms with Gasteiger partial charge in [-0.25, -0.2) is 23.2 Å². The molecule has 3 atom stereocenters. The number of ether oxygens (including phenoxy) is 2. The van der Waals surface area contributed by atoms with Crippen LogP contribution >= 0.6 is 0 Å². The molecule has 10 heteroatoms. The smallest absolute Gasteiger partial charge is 0.410 e. The number of hydrogen-bond donors (Lipinski definition) is 1. The van der Waals surface area contributed by atoms with E-state index < -0.39 is 15.4 Å². The molecule has 0 spiro atoms. The van der Waals surface area contributed by atoms with Crippen molar-refractivity contribution in [1.29, 1.82) is 0 Å². The van der Waals surface area contributed by atoms with E-state index in [1.165, 1.54) is 6.33 Å². The van der Waals surface area contributed by atoms with E-state index in [0.29, 0.717) is 16.6 Å². The van der Waals surface area contributed by atoms with E-state index >= 15 is 0 Å². The first-order valence-electron chi connectivity index (χ1n) is 12.6. The van der Waals surface area contributed by atoms with Gasteiger partial charge in [-0.1, -0.05) is 0 Å².